The quantitative estimate of drug-likeness (QED) is 0.878. The maximum Gasteiger partial charge on any atom is 0.199 e. The van der Waals surface area contributed by atoms with Crippen molar-refractivity contribution in [2.24, 2.45) is 0 Å². The summed E-state index contributed by atoms with van der Waals surface area (Å²) in [6.07, 6.45) is -1.83. The molecule has 0 bridgehead atoms. The Morgan fingerprint density at radius 3 is 2.47 bits per heavy atom. The van der Waals surface area contributed by atoms with Gasteiger partial charge in [-0.1, -0.05) is 40.2 Å². The molecule has 4 heteroatoms. The lowest BCUT2D eigenvalue weighted by Gasteiger charge is -2.29. The van der Waals surface area contributed by atoms with Crippen LogP contribution in [0.5, 0.6) is 5.75 Å². The minimum atomic E-state index is -1.17. The van der Waals surface area contributed by atoms with Crippen LogP contribution in [0.4, 0.5) is 0 Å². The predicted molar refractivity (Wildman–Crippen MR) is 74.3 cm³/mol. The number of aliphatic hydroxyl groups excluding tert-OH is 1. The molecule has 96 valence electrons. The molecule has 2 aromatic carbocycles. The Balaban J connectivity index is 2.01. The summed E-state index contributed by atoms with van der Waals surface area (Å²) in [5.41, 5.74) is 1.21. The Morgan fingerprint density at radius 2 is 1.74 bits per heavy atom. The molecule has 1 unspecified atom stereocenters. The van der Waals surface area contributed by atoms with Gasteiger partial charge < -0.3 is 9.84 Å². The lowest BCUT2D eigenvalue weighted by atomic mass is 9.94. The highest BCUT2D eigenvalue weighted by Gasteiger charge is 2.36. The SMILES string of the molecule is O=C1c2ccccc2OC(c2ccc(Br)cc2)[C@H]1O. The van der Waals surface area contributed by atoms with Crippen LogP contribution >= 0.6 is 15.9 Å². The molecule has 0 saturated heterocycles. The second-order valence-corrected chi connectivity index (χ2v) is 5.31. The summed E-state index contributed by atoms with van der Waals surface area (Å²) < 4.78 is 6.69. The van der Waals surface area contributed by atoms with Gasteiger partial charge in [-0.2, -0.15) is 0 Å². The molecule has 0 radical (unpaired) electrons. The third kappa shape index (κ3) is 2.17. The molecular weight excluding hydrogens is 308 g/mol. The van der Waals surface area contributed by atoms with Gasteiger partial charge in [0.25, 0.3) is 0 Å². The molecule has 3 rings (SSSR count). The van der Waals surface area contributed by atoms with Gasteiger partial charge in [0.1, 0.15) is 5.75 Å². The molecule has 1 aliphatic rings. The van der Waals surface area contributed by atoms with Crippen molar-refractivity contribution in [3.63, 3.8) is 0 Å². The van der Waals surface area contributed by atoms with Crippen LogP contribution in [-0.2, 0) is 0 Å². The van der Waals surface area contributed by atoms with Crippen molar-refractivity contribution in [3.05, 3.63) is 64.1 Å². The van der Waals surface area contributed by atoms with Crippen LogP contribution in [0.3, 0.4) is 0 Å². The molecule has 1 N–H and O–H groups in total. The van der Waals surface area contributed by atoms with Gasteiger partial charge in [0.05, 0.1) is 5.56 Å². The van der Waals surface area contributed by atoms with Crippen molar-refractivity contribution < 1.29 is 14.6 Å². The molecule has 0 amide bonds. The van der Waals surface area contributed by atoms with E-state index in [1.807, 2.05) is 30.3 Å². The number of para-hydroxylation sites is 1. The smallest absolute Gasteiger partial charge is 0.199 e. The van der Waals surface area contributed by atoms with Gasteiger partial charge in [-0.15, -0.1) is 0 Å². The maximum atomic E-state index is 12.1. The number of hydrogen-bond acceptors (Lipinski definition) is 3. The Morgan fingerprint density at radius 1 is 1.05 bits per heavy atom. The Hall–Kier alpha value is -1.65. The Kier molecular flexibility index (Phi) is 3.12. The number of benzene rings is 2. The van der Waals surface area contributed by atoms with E-state index in [4.69, 9.17) is 4.74 Å². The highest BCUT2D eigenvalue weighted by Crippen LogP contribution is 2.35. The van der Waals surface area contributed by atoms with Crippen molar-refractivity contribution >= 4 is 21.7 Å². The number of rotatable bonds is 1. The van der Waals surface area contributed by atoms with Gasteiger partial charge in [-0.3, -0.25) is 4.79 Å². The molecular formula is C15H11BrO3. The summed E-state index contributed by atoms with van der Waals surface area (Å²) in [7, 11) is 0. The lowest BCUT2D eigenvalue weighted by molar-refractivity contribution is 0.0216. The van der Waals surface area contributed by atoms with E-state index < -0.39 is 12.2 Å². The van der Waals surface area contributed by atoms with Crippen molar-refractivity contribution in [2.45, 2.75) is 12.2 Å². The minimum absolute atomic E-state index is 0.297. The van der Waals surface area contributed by atoms with E-state index in [1.54, 1.807) is 18.2 Å². The zero-order valence-corrected chi connectivity index (χ0v) is 11.5. The Labute approximate surface area is 119 Å². The van der Waals surface area contributed by atoms with Crippen LogP contribution in [0.25, 0.3) is 0 Å². The summed E-state index contributed by atoms with van der Waals surface area (Å²) in [6.45, 7) is 0. The van der Waals surface area contributed by atoms with E-state index in [-0.39, 0.29) is 5.78 Å². The monoisotopic (exact) mass is 318 g/mol. The van der Waals surface area contributed by atoms with Crippen LogP contribution < -0.4 is 4.74 Å². The van der Waals surface area contributed by atoms with Crippen molar-refractivity contribution in [2.75, 3.05) is 0 Å². The number of carbonyl (C=O) groups excluding carboxylic acids is 1. The molecule has 0 saturated carbocycles. The zero-order valence-electron chi connectivity index (χ0n) is 9.92. The van der Waals surface area contributed by atoms with Crippen LogP contribution in [0.1, 0.15) is 22.0 Å². The average Bonchev–Trinajstić information content (AvgIpc) is 2.44. The second-order valence-electron chi connectivity index (χ2n) is 4.40. The van der Waals surface area contributed by atoms with E-state index >= 15 is 0 Å². The fourth-order valence-corrected chi connectivity index (χ4v) is 2.44. The van der Waals surface area contributed by atoms with Gasteiger partial charge >= 0.3 is 0 Å². The first-order valence-corrected chi connectivity index (χ1v) is 6.69. The van der Waals surface area contributed by atoms with Crippen LogP contribution in [0.15, 0.2) is 53.0 Å². The summed E-state index contributed by atoms with van der Waals surface area (Å²) in [5.74, 6) is 0.223. The number of ether oxygens (including phenoxy) is 1. The number of halogens is 1. The first-order valence-electron chi connectivity index (χ1n) is 5.90. The second kappa shape index (κ2) is 4.79. The average molecular weight is 319 g/mol. The van der Waals surface area contributed by atoms with Crippen molar-refractivity contribution in [3.8, 4) is 5.75 Å². The van der Waals surface area contributed by atoms with Crippen LogP contribution in [0, 0.1) is 0 Å². The lowest BCUT2D eigenvalue weighted by Crippen LogP contribution is -2.36. The van der Waals surface area contributed by atoms with E-state index in [1.165, 1.54) is 0 Å². The molecule has 0 fully saturated rings. The van der Waals surface area contributed by atoms with Gasteiger partial charge in [0, 0.05) is 4.47 Å². The summed E-state index contributed by atoms with van der Waals surface area (Å²) in [4.78, 5) is 12.1. The number of aliphatic hydroxyl groups is 1. The summed E-state index contributed by atoms with van der Waals surface area (Å²) >= 11 is 3.35. The third-order valence-corrected chi connectivity index (χ3v) is 3.69. The maximum absolute atomic E-state index is 12.1. The van der Waals surface area contributed by atoms with Gasteiger partial charge in [0.15, 0.2) is 18.0 Å². The summed E-state index contributed by atoms with van der Waals surface area (Å²) in [5, 5.41) is 10.1. The minimum Gasteiger partial charge on any atom is -0.482 e. The number of ketones is 1. The Bertz CT molecular complexity index is 622. The van der Waals surface area contributed by atoms with Crippen molar-refractivity contribution in [1.29, 1.82) is 0 Å². The van der Waals surface area contributed by atoms with E-state index in [0.717, 1.165) is 10.0 Å². The fraction of sp³-hybridized carbons (Fsp3) is 0.133. The standard InChI is InChI=1S/C15H11BrO3/c16-10-7-5-9(6-8-10)15-14(18)13(17)11-3-1-2-4-12(11)19-15/h1-8,14-15,18H/t14-,15?/m0/s1. The molecule has 2 aromatic rings. The van der Waals surface area contributed by atoms with Gasteiger partial charge in [0.2, 0.25) is 0 Å². The molecule has 1 aliphatic heterocycles. The fourth-order valence-electron chi connectivity index (χ4n) is 2.17. The van der Waals surface area contributed by atoms with E-state index in [2.05, 4.69) is 15.9 Å². The van der Waals surface area contributed by atoms with Crippen molar-refractivity contribution in [1.82, 2.24) is 0 Å². The highest BCUT2D eigenvalue weighted by atomic mass is 79.9. The zero-order chi connectivity index (χ0) is 13.4. The molecule has 0 spiro atoms. The largest absolute Gasteiger partial charge is 0.482 e. The first kappa shape index (κ1) is 12.4. The molecule has 1 heterocycles. The summed E-state index contributed by atoms with van der Waals surface area (Å²) in [6, 6.07) is 14.4. The molecule has 3 nitrogen and oxygen atoms in total. The third-order valence-electron chi connectivity index (χ3n) is 3.16. The predicted octanol–water partition coefficient (Wildman–Crippen LogP) is 3.13. The normalized spacial score (nSPS) is 21.7. The molecule has 2 atom stereocenters. The first-order chi connectivity index (χ1) is 9.16. The topological polar surface area (TPSA) is 46.5 Å². The van der Waals surface area contributed by atoms with Gasteiger partial charge in [-0.25, -0.2) is 0 Å². The van der Waals surface area contributed by atoms with Gasteiger partial charge in [-0.05, 0) is 29.8 Å². The van der Waals surface area contributed by atoms with E-state index in [0.29, 0.717) is 11.3 Å². The number of Topliss-reactive ketones (excluding diaryl/α,β-unsaturated/α-hetero) is 1. The highest BCUT2D eigenvalue weighted by molar-refractivity contribution is 9.10. The number of fused-ring (bicyclic) bond motifs is 1. The van der Waals surface area contributed by atoms with Crippen LogP contribution in [-0.4, -0.2) is 17.0 Å². The number of carbonyl (C=O) groups is 1. The van der Waals surface area contributed by atoms with E-state index in [9.17, 15) is 9.90 Å². The molecule has 19 heavy (non-hydrogen) atoms. The van der Waals surface area contributed by atoms with Crippen LogP contribution in [0.2, 0.25) is 0 Å². The molecule has 0 aromatic heterocycles. The number of hydrogen-bond donors (Lipinski definition) is 1. The molecule has 0 aliphatic carbocycles.